The summed E-state index contributed by atoms with van der Waals surface area (Å²) in [6.45, 7) is 9.52. The fourth-order valence-corrected chi connectivity index (χ4v) is 1.92. The summed E-state index contributed by atoms with van der Waals surface area (Å²) in [5.74, 6) is 0. The van der Waals surface area contributed by atoms with E-state index in [-0.39, 0.29) is 0 Å². The Morgan fingerprint density at radius 3 is 2.50 bits per heavy atom. The second-order valence-corrected chi connectivity index (χ2v) is 4.84. The van der Waals surface area contributed by atoms with Crippen LogP contribution < -0.4 is 5.32 Å². The van der Waals surface area contributed by atoms with Crippen molar-refractivity contribution in [1.29, 1.82) is 0 Å². The average Bonchev–Trinajstić information content (AvgIpc) is 2.29. The van der Waals surface area contributed by atoms with Crippen LogP contribution in [0.3, 0.4) is 0 Å². The molecule has 0 aliphatic carbocycles. The first kappa shape index (κ1) is 15.7. The van der Waals surface area contributed by atoms with E-state index in [0.29, 0.717) is 6.04 Å². The number of allylic oxidation sites excluding steroid dienone is 1. The van der Waals surface area contributed by atoms with Gasteiger partial charge in [0.1, 0.15) is 0 Å². The zero-order chi connectivity index (χ0) is 12.1. The third-order valence-electron chi connectivity index (χ3n) is 3.07. The fraction of sp³-hybridized carbons (Fsp3) is 0.867. The van der Waals surface area contributed by atoms with Crippen LogP contribution >= 0.6 is 0 Å². The van der Waals surface area contributed by atoms with Gasteiger partial charge in [0.15, 0.2) is 0 Å². The maximum Gasteiger partial charge on any atom is 0.00387 e. The molecule has 0 bridgehead atoms. The van der Waals surface area contributed by atoms with E-state index in [2.05, 4.69) is 25.7 Å². The van der Waals surface area contributed by atoms with E-state index < -0.39 is 0 Å². The summed E-state index contributed by atoms with van der Waals surface area (Å²) in [7, 11) is 0. The quantitative estimate of drug-likeness (QED) is 0.375. The lowest BCUT2D eigenvalue weighted by molar-refractivity contribution is 0.472. The van der Waals surface area contributed by atoms with Crippen molar-refractivity contribution in [2.24, 2.45) is 0 Å². The van der Waals surface area contributed by atoms with Gasteiger partial charge in [0.05, 0.1) is 0 Å². The molecule has 1 N–H and O–H groups in total. The van der Waals surface area contributed by atoms with E-state index in [1.807, 2.05) is 6.08 Å². The molecule has 0 aromatic heterocycles. The second kappa shape index (κ2) is 12.8. The Morgan fingerprint density at radius 2 is 1.81 bits per heavy atom. The van der Waals surface area contributed by atoms with E-state index in [0.717, 1.165) is 0 Å². The van der Waals surface area contributed by atoms with Gasteiger partial charge in [-0.05, 0) is 39.2 Å². The first-order valence-corrected chi connectivity index (χ1v) is 7.15. The van der Waals surface area contributed by atoms with Crippen LogP contribution in [0.1, 0.15) is 71.6 Å². The largest absolute Gasteiger partial charge is 0.314 e. The molecule has 0 saturated carbocycles. The predicted molar refractivity (Wildman–Crippen MR) is 74.9 cm³/mol. The van der Waals surface area contributed by atoms with Crippen molar-refractivity contribution in [2.45, 2.75) is 77.7 Å². The maximum absolute atomic E-state index is 3.75. The summed E-state index contributed by atoms with van der Waals surface area (Å²) in [6.07, 6.45) is 14.0. The van der Waals surface area contributed by atoms with Gasteiger partial charge in [-0.25, -0.2) is 0 Å². The molecular formula is C15H31N. The summed E-state index contributed by atoms with van der Waals surface area (Å²) in [5.41, 5.74) is 0. The average molecular weight is 225 g/mol. The Balaban J connectivity index is 3.10. The molecule has 0 fully saturated rings. The molecule has 0 aromatic carbocycles. The molecule has 0 heterocycles. The van der Waals surface area contributed by atoms with Crippen LogP contribution in [0.2, 0.25) is 0 Å². The van der Waals surface area contributed by atoms with E-state index in [4.69, 9.17) is 0 Å². The number of nitrogens with one attached hydrogen (secondary N) is 1. The van der Waals surface area contributed by atoms with E-state index in [1.165, 1.54) is 64.3 Å². The molecule has 1 unspecified atom stereocenters. The number of hydrogen-bond acceptors (Lipinski definition) is 1. The van der Waals surface area contributed by atoms with Gasteiger partial charge < -0.3 is 5.32 Å². The minimum atomic E-state index is 0.705. The normalized spacial score (nSPS) is 12.6. The SMILES string of the molecule is C=CCCCCCCC(C)NCCCCC. The first-order valence-electron chi connectivity index (χ1n) is 7.15. The van der Waals surface area contributed by atoms with Gasteiger partial charge in [-0.15, -0.1) is 6.58 Å². The number of hydrogen-bond donors (Lipinski definition) is 1. The molecule has 0 amide bonds. The molecule has 16 heavy (non-hydrogen) atoms. The summed E-state index contributed by atoms with van der Waals surface area (Å²) < 4.78 is 0. The monoisotopic (exact) mass is 225 g/mol. The third kappa shape index (κ3) is 11.8. The van der Waals surface area contributed by atoms with Gasteiger partial charge in [-0.3, -0.25) is 0 Å². The maximum atomic E-state index is 3.75. The van der Waals surface area contributed by atoms with Gasteiger partial charge in [0, 0.05) is 6.04 Å². The zero-order valence-corrected chi connectivity index (χ0v) is 11.4. The molecule has 1 heteroatoms. The number of unbranched alkanes of at least 4 members (excludes halogenated alkanes) is 6. The fourth-order valence-electron chi connectivity index (χ4n) is 1.92. The lowest BCUT2D eigenvalue weighted by atomic mass is 10.1. The van der Waals surface area contributed by atoms with Gasteiger partial charge in [-0.2, -0.15) is 0 Å². The lowest BCUT2D eigenvalue weighted by Gasteiger charge is -2.13. The van der Waals surface area contributed by atoms with Crippen LogP contribution in [-0.2, 0) is 0 Å². The molecule has 0 aliphatic rings. The molecule has 0 spiro atoms. The van der Waals surface area contributed by atoms with Crippen LogP contribution in [0, 0.1) is 0 Å². The Kier molecular flexibility index (Phi) is 12.5. The van der Waals surface area contributed by atoms with Crippen LogP contribution in [0.5, 0.6) is 0 Å². The van der Waals surface area contributed by atoms with Gasteiger partial charge >= 0.3 is 0 Å². The van der Waals surface area contributed by atoms with Gasteiger partial charge in [0.25, 0.3) is 0 Å². The Bertz CT molecular complexity index is 142. The van der Waals surface area contributed by atoms with Crippen LogP contribution in [0.4, 0.5) is 0 Å². The standard InChI is InChI=1S/C15H31N/c1-4-6-8-9-10-11-13-15(3)16-14-12-7-5-2/h4,15-16H,1,5-14H2,2-3H3. The van der Waals surface area contributed by atoms with Gasteiger partial charge in [0.2, 0.25) is 0 Å². The first-order chi connectivity index (χ1) is 7.81. The Labute approximate surface area is 103 Å². The van der Waals surface area contributed by atoms with Crippen molar-refractivity contribution < 1.29 is 0 Å². The summed E-state index contributed by atoms with van der Waals surface area (Å²) in [5, 5.41) is 3.60. The topological polar surface area (TPSA) is 12.0 Å². The second-order valence-electron chi connectivity index (χ2n) is 4.84. The van der Waals surface area contributed by atoms with Crippen molar-refractivity contribution in [2.75, 3.05) is 6.54 Å². The van der Waals surface area contributed by atoms with E-state index in [1.54, 1.807) is 0 Å². The van der Waals surface area contributed by atoms with Gasteiger partial charge in [-0.1, -0.05) is 45.1 Å². The highest BCUT2D eigenvalue weighted by atomic mass is 14.9. The van der Waals surface area contributed by atoms with Crippen molar-refractivity contribution in [3.05, 3.63) is 12.7 Å². The van der Waals surface area contributed by atoms with E-state index >= 15 is 0 Å². The smallest absolute Gasteiger partial charge is 0.00387 e. The van der Waals surface area contributed by atoms with Crippen molar-refractivity contribution in [3.63, 3.8) is 0 Å². The third-order valence-corrected chi connectivity index (χ3v) is 3.07. The number of rotatable bonds is 12. The minimum absolute atomic E-state index is 0.705. The molecule has 0 rings (SSSR count). The minimum Gasteiger partial charge on any atom is -0.314 e. The van der Waals surface area contributed by atoms with Crippen LogP contribution in [-0.4, -0.2) is 12.6 Å². The van der Waals surface area contributed by atoms with Crippen LogP contribution in [0.15, 0.2) is 12.7 Å². The molecule has 1 nitrogen and oxygen atoms in total. The summed E-state index contributed by atoms with van der Waals surface area (Å²) in [4.78, 5) is 0. The summed E-state index contributed by atoms with van der Waals surface area (Å²) in [6, 6.07) is 0.705. The molecule has 1 atom stereocenters. The molecule has 0 aromatic rings. The van der Waals surface area contributed by atoms with Crippen molar-refractivity contribution >= 4 is 0 Å². The highest BCUT2D eigenvalue weighted by Crippen LogP contribution is 2.07. The van der Waals surface area contributed by atoms with Crippen LogP contribution in [0.25, 0.3) is 0 Å². The highest BCUT2D eigenvalue weighted by molar-refractivity contribution is 4.66. The van der Waals surface area contributed by atoms with E-state index in [9.17, 15) is 0 Å². The Morgan fingerprint density at radius 1 is 1.06 bits per heavy atom. The lowest BCUT2D eigenvalue weighted by Crippen LogP contribution is -2.26. The molecule has 0 aliphatic heterocycles. The molecular weight excluding hydrogens is 194 g/mol. The predicted octanol–water partition coefficient (Wildman–Crippen LogP) is 4.68. The molecule has 0 radical (unpaired) electrons. The van der Waals surface area contributed by atoms with Crippen molar-refractivity contribution in [1.82, 2.24) is 5.32 Å². The van der Waals surface area contributed by atoms with Crippen molar-refractivity contribution in [3.8, 4) is 0 Å². The molecule has 0 saturated heterocycles. The molecule has 96 valence electrons. The summed E-state index contributed by atoms with van der Waals surface area (Å²) >= 11 is 0. The Hall–Kier alpha value is -0.300. The zero-order valence-electron chi connectivity index (χ0n) is 11.4. The highest BCUT2D eigenvalue weighted by Gasteiger charge is 1.99.